The van der Waals surface area contributed by atoms with Crippen molar-refractivity contribution in [2.75, 3.05) is 11.9 Å². The van der Waals surface area contributed by atoms with Gasteiger partial charge in [0.05, 0.1) is 11.1 Å². The van der Waals surface area contributed by atoms with Gasteiger partial charge < -0.3 is 4.90 Å². The summed E-state index contributed by atoms with van der Waals surface area (Å²) in [5.41, 5.74) is 0.976. The summed E-state index contributed by atoms with van der Waals surface area (Å²) in [5.74, 6) is 0.353. The summed E-state index contributed by atoms with van der Waals surface area (Å²) in [7, 11) is 3.59. The molecule has 2 aromatic heterocycles. The second-order valence-corrected chi connectivity index (χ2v) is 3.98. The molecule has 0 bridgehead atoms. The van der Waals surface area contributed by atoms with Gasteiger partial charge >= 0.3 is 5.69 Å². The van der Waals surface area contributed by atoms with Gasteiger partial charge in [0, 0.05) is 44.7 Å². The van der Waals surface area contributed by atoms with Crippen molar-refractivity contribution >= 4 is 11.5 Å². The van der Waals surface area contributed by atoms with Crippen LogP contribution in [0.25, 0.3) is 0 Å². The maximum absolute atomic E-state index is 10.9. The zero-order valence-electron chi connectivity index (χ0n) is 10.1. The fourth-order valence-corrected chi connectivity index (χ4v) is 1.73. The van der Waals surface area contributed by atoms with Gasteiger partial charge in [0.15, 0.2) is 0 Å². The summed E-state index contributed by atoms with van der Waals surface area (Å²) in [6.45, 7) is 0.520. The van der Waals surface area contributed by atoms with Crippen molar-refractivity contribution in [2.45, 2.75) is 6.54 Å². The van der Waals surface area contributed by atoms with Gasteiger partial charge in [0.25, 0.3) is 0 Å². The lowest BCUT2D eigenvalue weighted by atomic mass is 10.3. The number of aryl methyl sites for hydroxylation is 1. The van der Waals surface area contributed by atoms with Crippen LogP contribution in [0.5, 0.6) is 0 Å². The number of nitro groups is 1. The molecule has 7 nitrogen and oxygen atoms in total. The minimum atomic E-state index is -0.428. The highest BCUT2D eigenvalue weighted by molar-refractivity contribution is 5.56. The Kier molecular flexibility index (Phi) is 3.22. The molecular weight excluding hydrogens is 234 g/mol. The number of aromatic nitrogens is 3. The molecule has 0 saturated heterocycles. The standard InChI is InChI=1S/C11H13N5O2/c1-14(7-9-6-13-15(2)8-9)11-10(16(17)18)4-3-5-12-11/h3-6,8H,7H2,1-2H3. The Morgan fingerprint density at radius 2 is 2.33 bits per heavy atom. The summed E-state index contributed by atoms with van der Waals surface area (Å²) in [5, 5.41) is 15.0. The molecule has 0 fully saturated rings. The average molecular weight is 247 g/mol. The Labute approximate surface area is 104 Å². The highest BCUT2D eigenvalue weighted by Crippen LogP contribution is 2.24. The molecule has 0 atom stereocenters. The number of hydrogen-bond acceptors (Lipinski definition) is 5. The minimum absolute atomic E-state index is 0.00360. The molecule has 94 valence electrons. The number of pyridine rings is 1. The highest BCUT2D eigenvalue weighted by Gasteiger charge is 2.18. The molecule has 2 aromatic rings. The van der Waals surface area contributed by atoms with Crippen LogP contribution < -0.4 is 4.90 Å². The van der Waals surface area contributed by atoms with E-state index >= 15 is 0 Å². The number of rotatable bonds is 4. The first-order valence-electron chi connectivity index (χ1n) is 5.36. The van der Waals surface area contributed by atoms with Crippen molar-refractivity contribution in [3.63, 3.8) is 0 Å². The lowest BCUT2D eigenvalue weighted by molar-refractivity contribution is -0.384. The Bertz CT molecular complexity index is 566. The summed E-state index contributed by atoms with van der Waals surface area (Å²) >= 11 is 0. The number of anilines is 1. The van der Waals surface area contributed by atoms with Crippen LogP contribution in [0.4, 0.5) is 11.5 Å². The monoisotopic (exact) mass is 247 g/mol. The van der Waals surface area contributed by atoms with Crippen molar-refractivity contribution in [1.82, 2.24) is 14.8 Å². The zero-order valence-corrected chi connectivity index (χ0v) is 10.1. The summed E-state index contributed by atoms with van der Waals surface area (Å²) in [6.07, 6.45) is 5.14. The Morgan fingerprint density at radius 1 is 1.56 bits per heavy atom. The first kappa shape index (κ1) is 12.0. The van der Waals surface area contributed by atoms with Crippen molar-refractivity contribution in [3.8, 4) is 0 Å². The van der Waals surface area contributed by atoms with E-state index in [4.69, 9.17) is 0 Å². The molecule has 0 radical (unpaired) electrons. The van der Waals surface area contributed by atoms with E-state index in [0.29, 0.717) is 12.4 Å². The van der Waals surface area contributed by atoms with Gasteiger partial charge in [-0.3, -0.25) is 14.8 Å². The normalized spacial score (nSPS) is 10.3. The largest absolute Gasteiger partial charge is 0.350 e. The van der Waals surface area contributed by atoms with Crippen molar-refractivity contribution < 1.29 is 4.92 Å². The lowest BCUT2D eigenvalue weighted by Crippen LogP contribution is -2.18. The molecule has 0 spiro atoms. The number of nitrogens with zero attached hydrogens (tertiary/aromatic N) is 5. The van der Waals surface area contributed by atoms with Crippen LogP contribution in [0.3, 0.4) is 0 Å². The summed E-state index contributed by atoms with van der Waals surface area (Å²) < 4.78 is 1.69. The van der Waals surface area contributed by atoms with Crippen LogP contribution in [0.15, 0.2) is 30.7 Å². The Hall–Kier alpha value is -2.44. The molecule has 0 unspecified atom stereocenters. The van der Waals surface area contributed by atoms with Gasteiger partial charge in [-0.1, -0.05) is 0 Å². The third-order valence-electron chi connectivity index (χ3n) is 2.50. The van der Waals surface area contributed by atoms with Gasteiger partial charge in [-0.2, -0.15) is 5.10 Å². The van der Waals surface area contributed by atoms with Gasteiger partial charge in [-0.15, -0.1) is 0 Å². The summed E-state index contributed by atoms with van der Waals surface area (Å²) in [4.78, 5) is 16.3. The van der Waals surface area contributed by atoms with Gasteiger partial charge in [0.2, 0.25) is 5.82 Å². The molecule has 0 aromatic carbocycles. The molecule has 0 N–H and O–H groups in total. The smallest absolute Gasteiger partial charge is 0.311 e. The second-order valence-electron chi connectivity index (χ2n) is 3.98. The molecule has 2 rings (SSSR count). The van der Waals surface area contributed by atoms with E-state index in [1.807, 2.05) is 13.2 Å². The molecular formula is C11H13N5O2. The van der Waals surface area contributed by atoms with Crippen molar-refractivity contribution in [3.05, 3.63) is 46.4 Å². The highest BCUT2D eigenvalue weighted by atomic mass is 16.6. The van der Waals surface area contributed by atoms with Gasteiger partial charge in [0.1, 0.15) is 0 Å². The van der Waals surface area contributed by atoms with Gasteiger partial charge in [-0.05, 0) is 6.07 Å². The Morgan fingerprint density at radius 3 is 2.94 bits per heavy atom. The fraction of sp³-hybridized carbons (Fsp3) is 0.273. The van der Waals surface area contributed by atoms with E-state index in [1.54, 1.807) is 35.1 Å². The van der Waals surface area contributed by atoms with Crippen LogP contribution >= 0.6 is 0 Å². The molecule has 2 heterocycles. The first-order chi connectivity index (χ1) is 8.58. The van der Waals surface area contributed by atoms with Crippen molar-refractivity contribution in [2.24, 2.45) is 7.05 Å². The Balaban J connectivity index is 2.23. The molecule has 0 aliphatic carbocycles. The quantitative estimate of drug-likeness (QED) is 0.602. The zero-order chi connectivity index (χ0) is 13.1. The van der Waals surface area contributed by atoms with Crippen LogP contribution in [0.1, 0.15) is 5.56 Å². The fourth-order valence-electron chi connectivity index (χ4n) is 1.73. The minimum Gasteiger partial charge on any atom is -0.350 e. The second kappa shape index (κ2) is 4.82. The van der Waals surface area contributed by atoms with Crippen LogP contribution in [0, 0.1) is 10.1 Å². The third kappa shape index (κ3) is 2.45. The topological polar surface area (TPSA) is 77.1 Å². The van der Waals surface area contributed by atoms with E-state index < -0.39 is 4.92 Å². The van der Waals surface area contributed by atoms with Crippen LogP contribution in [-0.2, 0) is 13.6 Å². The molecule has 0 amide bonds. The molecule has 0 saturated carbocycles. The first-order valence-corrected chi connectivity index (χ1v) is 5.36. The SMILES string of the molecule is CN(Cc1cnn(C)c1)c1ncccc1[N+](=O)[O-]. The molecule has 0 aliphatic heterocycles. The summed E-state index contributed by atoms with van der Waals surface area (Å²) in [6, 6.07) is 3.00. The third-order valence-corrected chi connectivity index (χ3v) is 2.50. The maximum Gasteiger partial charge on any atom is 0.311 e. The maximum atomic E-state index is 10.9. The molecule has 0 aliphatic rings. The number of hydrogen-bond donors (Lipinski definition) is 0. The van der Waals surface area contributed by atoms with Crippen LogP contribution in [-0.4, -0.2) is 26.7 Å². The van der Waals surface area contributed by atoms with E-state index in [2.05, 4.69) is 10.1 Å². The predicted octanol–water partition coefficient (Wildman–Crippen LogP) is 1.36. The predicted molar refractivity (Wildman–Crippen MR) is 66.2 cm³/mol. The van der Waals surface area contributed by atoms with E-state index in [1.165, 1.54) is 6.07 Å². The average Bonchev–Trinajstić information content (AvgIpc) is 2.74. The van der Waals surface area contributed by atoms with E-state index in [9.17, 15) is 10.1 Å². The lowest BCUT2D eigenvalue weighted by Gasteiger charge is -2.16. The van der Waals surface area contributed by atoms with E-state index in [0.717, 1.165) is 5.56 Å². The van der Waals surface area contributed by atoms with Crippen molar-refractivity contribution in [1.29, 1.82) is 0 Å². The van der Waals surface area contributed by atoms with Crippen LogP contribution in [0.2, 0.25) is 0 Å². The molecule has 7 heteroatoms. The van der Waals surface area contributed by atoms with E-state index in [-0.39, 0.29) is 5.69 Å². The van der Waals surface area contributed by atoms with Gasteiger partial charge in [-0.25, -0.2) is 4.98 Å². The molecule has 18 heavy (non-hydrogen) atoms.